The highest BCUT2D eigenvalue weighted by atomic mass is 19.3. The van der Waals surface area contributed by atoms with Crippen molar-refractivity contribution >= 4 is 17.2 Å². The summed E-state index contributed by atoms with van der Waals surface area (Å²) in [4.78, 5) is 21.5. The zero-order valence-corrected chi connectivity index (χ0v) is 19.5. The Balaban J connectivity index is 1.42. The van der Waals surface area contributed by atoms with Crippen LogP contribution in [0.25, 0.3) is 5.65 Å². The number of rotatable bonds is 8. The smallest absolute Gasteiger partial charge is 0.280 e. The van der Waals surface area contributed by atoms with Crippen molar-refractivity contribution in [2.75, 3.05) is 25.1 Å². The van der Waals surface area contributed by atoms with Gasteiger partial charge < -0.3 is 23.9 Å². The number of carbonyl (C=O) groups is 1. The predicted molar refractivity (Wildman–Crippen MR) is 124 cm³/mol. The molecule has 4 heterocycles. The lowest BCUT2D eigenvalue weighted by Gasteiger charge is -2.35. The minimum Gasteiger partial charge on any atom is -0.488 e. The number of halogens is 2. The molecule has 1 saturated heterocycles. The Morgan fingerprint density at radius 2 is 2.00 bits per heavy atom. The van der Waals surface area contributed by atoms with Crippen LogP contribution < -0.4 is 10.1 Å². The monoisotopic (exact) mass is 486 g/mol. The molecule has 186 valence electrons. The molecule has 1 N–H and O–H groups in total. The van der Waals surface area contributed by atoms with E-state index in [0.29, 0.717) is 42.8 Å². The van der Waals surface area contributed by atoms with E-state index in [1.165, 1.54) is 18.2 Å². The standard InChI is InChI=1S/C25H28F2N4O4/c1-2-34-16-10-17(11-16)35-22-12-23-29-20(15-6-8-33-9-7-15)13-31(23)14-21(22)30-25(32)19-5-3-4-18(28-19)24(26)27/h3-5,12-17,24H,2,6-11H2,1H3,(H,30,32). The van der Waals surface area contributed by atoms with Crippen molar-refractivity contribution in [1.29, 1.82) is 0 Å². The molecule has 0 radical (unpaired) electrons. The molecule has 0 atom stereocenters. The number of nitrogens with zero attached hydrogens (tertiary/aromatic N) is 3. The second-order valence-electron chi connectivity index (χ2n) is 8.86. The molecule has 3 aromatic heterocycles. The first-order valence-corrected chi connectivity index (χ1v) is 11.9. The van der Waals surface area contributed by atoms with E-state index in [1.807, 2.05) is 17.5 Å². The molecule has 8 nitrogen and oxygen atoms in total. The van der Waals surface area contributed by atoms with Crippen LogP contribution in [0.2, 0.25) is 0 Å². The zero-order chi connectivity index (χ0) is 24.4. The molecule has 1 aliphatic heterocycles. The van der Waals surface area contributed by atoms with Crippen LogP contribution in [-0.4, -0.2) is 52.3 Å². The van der Waals surface area contributed by atoms with Crippen molar-refractivity contribution in [3.63, 3.8) is 0 Å². The number of alkyl halides is 2. The Bertz CT molecular complexity index is 1190. The van der Waals surface area contributed by atoms with Gasteiger partial charge in [0.1, 0.15) is 34.6 Å². The van der Waals surface area contributed by atoms with Gasteiger partial charge in [-0.2, -0.15) is 0 Å². The summed E-state index contributed by atoms with van der Waals surface area (Å²) >= 11 is 0. The molecule has 0 bridgehead atoms. The van der Waals surface area contributed by atoms with Crippen LogP contribution in [0.5, 0.6) is 5.75 Å². The van der Waals surface area contributed by atoms with Crippen molar-refractivity contribution in [3.8, 4) is 5.75 Å². The van der Waals surface area contributed by atoms with Crippen LogP contribution in [0.4, 0.5) is 14.5 Å². The number of hydrogen-bond donors (Lipinski definition) is 1. The molecule has 2 aliphatic rings. The van der Waals surface area contributed by atoms with Crippen molar-refractivity contribution in [3.05, 3.63) is 53.7 Å². The summed E-state index contributed by atoms with van der Waals surface area (Å²) in [5, 5.41) is 2.79. The van der Waals surface area contributed by atoms with E-state index in [4.69, 9.17) is 19.2 Å². The molecule has 1 aliphatic carbocycles. The third kappa shape index (κ3) is 5.28. The highest BCUT2D eigenvalue weighted by Crippen LogP contribution is 2.35. The quantitative estimate of drug-likeness (QED) is 0.494. The van der Waals surface area contributed by atoms with Crippen molar-refractivity contribution in [1.82, 2.24) is 14.4 Å². The molecule has 0 aromatic carbocycles. The third-order valence-electron chi connectivity index (χ3n) is 6.44. The van der Waals surface area contributed by atoms with Crippen LogP contribution in [0.1, 0.15) is 66.8 Å². The van der Waals surface area contributed by atoms with Gasteiger partial charge in [-0.1, -0.05) is 6.07 Å². The van der Waals surface area contributed by atoms with E-state index >= 15 is 0 Å². The Morgan fingerprint density at radius 3 is 2.74 bits per heavy atom. The van der Waals surface area contributed by atoms with Gasteiger partial charge in [0.2, 0.25) is 0 Å². The summed E-state index contributed by atoms with van der Waals surface area (Å²) in [5.41, 5.74) is 1.55. The average molecular weight is 487 g/mol. The Morgan fingerprint density at radius 1 is 1.20 bits per heavy atom. The molecular formula is C25H28F2N4O4. The molecule has 1 amide bonds. The lowest BCUT2D eigenvalue weighted by atomic mass is 9.92. The lowest BCUT2D eigenvalue weighted by Crippen LogP contribution is -2.39. The van der Waals surface area contributed by atoms with Crippen LogP contribution in [0.15, 0.2) is 36.7 Å². The molecule has 2 fully saturated rings. The summed E-state index contributed by atoms with van der Waals surface area (Å²) in [6.07, 6.45) is 4.38. The van der Waals surface area contributed by atoms with Gasteiger partial charge in [0.25, 0.3) is 12.3 Å². The number of pyridine rings is 2. The molecule has 35 heavy (non-hydrogen) atoms. The predicted octanol–water partition coefficient (Wildman–Crippen LogP) is 4.76. The number of ether oxygens (including phenoxy) is 3. The number of carbonyl (C=O) groups excluding carboxylic acids is 1. The minimum atomic E-state index is -2.76. The summed E-state index contributed by atoms with van der Waals surface area (Å²) in [6.45, 7) is 4.03. The van der Waals surface area contributed by atoms with Crippen molar-refractivity contribution in [2.24, 2.45) is 0 Å². The summed E-state index contributed by atoms with van der Waals surface area (Å²) in [7, 11) is 0. The summed E-state index contributed by atoms with van der Waals surface area (Å²) in [5.74, 6) is 0.188. The number of anilines is 1. The maximum absolute atomic E-state index is 13.1. The van der Waals surface area contributed by atoms with Crippen molar-refractivity contribution < 1.29 is 27.8 Å². The molecule has 0 spiro atoms. The number of nitrogens with one attached hydrogen (secondary N) is 1. The largest absolute Gasteiger partial charge is 0.488 e. The minimum absolute atomic E-state index is 0.0464. The highest BCUT2D eigenvalue weighted by Gasteiger charge is 2.32. The molecular weight excluding hydrogens is 458 g/mol. The topological polar surface area (TPSA) is 87.0 Å². The second kappa shape index (κ2) is 10.2. The SMILES string of the molecule is CCOC1CC(Oc2cc3nc(C4CCOCC4)cn3cc2NC(=O)c2cccc(C(F)F)n2)C1. The molecule has 10 heteroatoms. The van der Waals surface area contributed by atoms with Gasteiger partial charge in [0.15, 0.2) is 0 Å². The second-order valence-corrected chi connectivity index (χ2v) is 8.86. The number of fused-ring (bicyclic) bond motifs is 1. The fraction of sp³-hybridized carbons (Fsp3) is 0.480. The number of amides is 1. The molecule has 1 saturated carbocycles. The summed E-state index contributed by atoms with van der Waals surface area (Å²) < 4.78 is 45.3. The van der Waals surface area contributed by atoms with E-state index in [9.17, 15) is 13.6 Å². The van der Waals surface area contributed by atoms with E-state index in [2.05, 4.69) is 10.3 Å². The van der Waals surface area contributed by atoms with E-state index in [1.54, 1.807) is 12.3 Å². The maximum Gasteiger partial charge on any atom is 0.280 e. The zero-order valence-electron chi connectivity index (χ0n) is 19.5. The van der Waals surface area contributed by atoms with Gasteiger partial charge in [-0.25, -0.2) is 18.7 Å². The Hall–Kier alpha value is -3.11. The fourth-order valence-corrected chi connectivity index (χ4v) is 4.47. The summed E-state index contributed by atoms with van der Waals surface area (Å²) in [6, 6.07) is 5.79. The lowest BCUT2D eigenvalue weighted by molar-refractivity contribution is -0.0561. The van der Waals surface area contributed by atoms with Crippen LogP contribution >= 0.6 is 0 Å². The first-order chi connectivity index (χ1) is 17.0. The molecule has 5 rings (SSSR count). The van der Waals surface area contributed by atoms with Gasteiger partial charge in [-0.15, -0.1) is 0 Å². The van der Waals surface area contributed by atoms with Crippen LogP contribution in [0, 0.1) is 0 Å². The first kappa shape index (κ1) is 23.6. The Kier molecular flexibility index (Phi) is 6.92. The van der Waals surface area contributed by atoms with Gasteiger partial charge in [0.05, 0.1) is 11.8 Å². The van der Waals surface area contributed by atoms with E-state index in [-0.39, 0.29) is 17.9 Å². The van der Waals surface area contributed by atoms with Gasteiger partial charge in [-0.3, -0.25) is 4.79 Å². The molecule has 3 aromatic rings. The van der Waals surface area contributed by atoms with Gasteiger partial charge in [-0.05, 0) is 31.9 Å². The highest BCUT2D eigenvalue weighted by molar-refractivity contribution is 6.03. The average Bonchev–Trinajstić information content (AvgIpc) is 3.26. The maximum atomic E-state index is 13.1. The van der Waals surface area contributed by atoms with Crippen LogP contribution in [0.3, 0.4) is 0 Å². The van der Waals surface area contributed by atoms with E-state index in [0.717, 1.165) is 31.4 Å². The third-order valence-corrected chi connectivity index (χ3v) is 6.44. The number of hydrogen-bond acceptors (Lipinski definition) is 6. The number of imidazole rings is 1. The van der Waals surface area contributed by atoms with Gasteiger partial charge >= 0.3 is 0 Å². The number of aromatic nitrogens is 3. The van der Waals surface area contributed by atoms with Gasteiger partial charge in [0, 0.05) is 57.0 Å². The fourth-order valence-electron chi connectivity index (χ4n) is 4.47. The Labute approximate surface area is 201 Å². The molecule has 0 unspecified atom stereocenters. The normalized spacial score (nSPS) is 20.7. The first-order valence-electron chi connectivity index (χ1n) is 11.9. The van der Waals surface area contributed by atoms with Crippen molar-refractivity contribution in [2.45, 2.75) is 57.2 Å². The van der Waals surface area contributed by atoms with Crippen LogP contribution in [-0.2, 0) is 9.47 Å². The van der Waals surface area contributed by atoms with E-state index < -0.39 is 18.0 Å².